The lowest BCUT2D eigenvalue weighted by atomic mass is 10.2. The number of anilines is 1. The molecule has 27 heavy (non-hydrogen) atoms. The number of nitrogens with one attached hydrogen (secondary N) is 1. The molecule has 2 aromatic heterocycles. The number of para-hydroxylation sites is 1. The lowest BCUT2D eigenvalue weighted by Crippen LogP contribution is -2.22. The molecule has 0 atom stereocenters. The summed E-state index contributed by atoms with van der Waals surface area (Å²) in [6, 6.07) is 14.5. The Morgan fingerprint density at radius 1 is 1.11 bits per heavy atom. The summed E-state index contributed by atoms with van der Waals surface area (Å²) in [5, 5.41) is 7.53. The average molecular weight is 362 g/mol. The molecule has 1 aromatic carbocycles. The maximum absolute atomic E-state index is 12.8. The van der Waals surface area contributed by atoms with E-state index < -0.39 is 0 Å². The quantitative estimate of drug-likeness (QED) is 0.769. The van der Waals surface area contributed by atoms with Gasteiger partial charge >= 0.3 is 0 Å². The number of aryl methyl sites for hydroxylation is 1. The van der Waals surface area contributed by atoms with E-state index in [0.717, 1.165) is 24.2 Å². The van der Waals surface area contributed by atoms with Gasteiger partial charge in [-0.25, -0.2) is 4.68 Å². The number of hydrogen-bond acceptors (Lipinski definition) is 3. The molecule has 6 nitrogen and oxygen atoms in total. The van der Waals surface area contributed by atoms with E-state index in [4.69, 9.17) is 0 Å². The Kier molecular flexibility index (Phi) is 4.62. The molecule has 6 heteroatoms. The van der Waals surface area contributed by atoms with Crippen LogP contribution in [0.3, 0.4) is 0 Å². The summed E-state index contributed by atoms with van der Waals surface area (Å²) in [6.07, 6.45) is 6.14. The van der Waals surface area contributed by atoms with Crippen molar-refractivity contribution in [3.8, 4) is 5.69 Å². The van der Waals surface area contributed by atoms with Crippen molar-refractivity contribution in [3.63, 3.8) is 0 Å². The van der Waals surface area contributed by atoms with Crippen molar-refractivity contribution in [1.29, 1.82) is 0 Å². The van der Waals surface area contributed by atoms with Gasteiger partial charge in [-0.15, -0.1) is 0 Å². The lowest BCUT2D eigenvalue weighted by molar-refractivity contribution is 0.102. The Morgan fingerprint density at radius 2 is 1.85 bits per heavy atom. The standard InChI is InChI=1S/C21H22N4O2/c1-15-13-19(25(23-15)18-9-5-6-10-18)22-21(27)16-11-12-20(26)24(14-16)17-7-3-2-4-8-17/h2-4,7-8,11-14,18H,5-6,9-10H2,1H3,(H,22,27). The number of nitrogens with zero attached hydrogens (tertiary/aromatic N) is 3. The summed E-state index contributed by atoms with van der Waals surface area (Å²) in [5.74, 6) is 0.459. The molecule has 0 spiro atoms. The number of aromatic nitrogens is 3. The molecule has 4 rings (SSSR count). The van der Waals surface area contributed by atoms with Crippen LogP contribution in [0.5, 0.6) is 0 Å². The number of amides is 1. The van der Waals surface area contributed by atoms with Gasteiger partial charge in [-0.3, -0.25) is 14.2 Å². The van der Waals surface area contributed by atoms with Crippen LogP contribution in [0.2, 0.25) is 0 Å². The topological polar surface area (TPSA) is 68.9 Å². The molecule has 2 heterocycles. The van der Waals surface area contributed by atoms with Crippen molar-refractivity contribution in [2.75, 3.05) is 5.32 Å². The smallest absolute Gasteiger partial charge is 0.258 e. The Balaban J connectivity index is 1.62. The second kappa shape index (κ2) is 7.23. The van der Waals surface area contributed by atoms with Gasteiger partial charge in [0.25, 0.3) is 11.5 Å². The third-order valence-corrected chi connectivity index (χ3v) is 4.98. The highest BCUT2D eigenvalue weighted by molar-refractivity contribution is 6.03. The van der Waals surface area contributed by atoms with Crippen LogP contribution >= 0.6 is 0 Å². The first-order chi connectivity index (χ1) is 13.1. The summed E-state index contributed by atoms with van der Waals surface area (Å²) >= 11 is 0. The SMILES string of the molecule is Cc1cc(NC(=O)c2ccc(=O)n(-c3ccccc3)c2)n(C2CCCC2)n1. The van der Waals surface area contributed by atoms with Crippen molar-refractivity contribution < 1.29 is 4.79 Å². The van der Waals surface area contributed by atoms with Gasteiger partial charge < -0.3 is 5.32 Å². The molecule has 1 fully saturated rings. The first-order valence-corrected chi connectivity index (χ1v) is 9.27. The molecule has 3 aromatic rings. The van der Waals surface area contributed by atoms with E-state index in [9.17, 15) is 9.59 Å². The predicted octanol–water partition coefficient (Wildman–Crippen LogP) is 3.71. The van der Waals surface area contributed by atoms with Crippen LogP contribution in [-0.2, 0) is 0 Å². The van der Waals surface area contributed by atoms with Crippen molar-refractivity contribution in [3.05, 3.63) is 76.3 Å². The van der Waals surface area contributed by atoms with Crippen LogP contribution in [0.25, 0.3) is 5.69 Å². The number of rotatable bonds is 4. The third-order valence-electron chi connectivity index (χ3n) is 4.98. The fraction of sp³-hybridized carbons (Fsp3) is 0.286. The van der Waals surface area contributed by atoms with Crippen LogP contribution in [0.1, 0.15) is 47.8 Å². The molecule has 0 bridgehead atoms. The summed E-state index contributed by atoms with van der Waals surface area (Å²) in [6.45, 7) is 1.93. The van der Waals surface area contributed by atoms with Gasteiger partial charge in [0, 0.05) is 24.0 Å². The highest BCUT2D eigenvalue weighted by atomic mass is 16.2. The number of benzene rings is 1. The number of carbonyl (C=O) groups is 1. The molecule has 1 N–H and O–H groups in total. The molecular weight excluding hydrogens is 340 g/mol. The van der Waals surface area contributed by atoms with Crippen molar-refractivity contribution in [2.24, 2.45) is 0 Å². The van der Waals surface area contributed by atoms with Gasteiger partial charge in [0.1, 0.15) is 5.82 Å². The van der Waals surface area contributed by atoms with Crippen molar-refractivity contribution >= 4 is 11.7 Å². The van der Waals surface area contributed by atoms with Crippen LogP contribution in [-0.4, -0.2) is 20.3 Å². The van der Waals surface area contributed by atoms with E-state index in [1.54, 1.807) is 12.3 Å². The van der Waals surface area contributed by atoms with Gasteiger partial charge in [0.05, 0.1) is 17.3 Å². The van der Waals surface area contributed by atoms with Crippen molar-refractivity contribution in [2.45, 2.75) is 38.6 Å². The molecule has 0 unspecified atom stereocenters. The maximum Gasteiger partial charge on any atom is 0.258 e. The van der Waals surface area contributed by atoms with Crippen LogP contribution in [0.15, 0.2) is 59.5 Å². The minimum absolute atomic E-state index is 0.176. The molecule has 1 amide bonds. The van der Waals surface area contributed by atoms with E-state index >= 15 is 0 Å². The highest BCUT2D eigenvalue weighted by Gasteiger charge is 2.22. The van der Waals surface area contributed by atoms with Crippen LogP contribution in [0.4, 0.5) is 5.82 Å². The second-order valence-electron chi connectivity index (χ2n) is 6.97. The summed E-state index contributed by atoms with van der Waals surface area (Å²) in [5.41, 5.74) is 1.86. The molecule has 1 aliphatic rings. The van der Waals surface area contributed by atoms with Gasteiger partial charge in [-0.1, -0.05) is 31.0 Å². The molecule has 1 saturated carbocycles. The Hall–Kier alpha value is -3.15. The van der Waals surface area contributed by atoms with E-state index in [-0.39, 0.29) is 11.5 Å². The van der Waals surface area contributed by atoms with Gasteiger partial charge in [0.2, 0.25) is 0 Å². The molecule has 0 radical (unpaired) electrons. The number of carbonyl (C=O) groups excluding carboxylic acids is 1. The fourth-order valence-electron chi connectivity index (χ4n) is 3.64. The summed E-state index contributed by atoms with van der Waals surface area (Å²) < 4.78 is 3.42. The monoisotopic (exact) mass is 362 g/mol. The lowest BCUT2D eigenvalue weighted by Gasteiger charge is -2.15. The molecule has 138 valence electrons. The first-order valence-electron chi connectivity index (χ1n) is 9.27. The van der Waals surface area contributed by atoms with E-state index in [1.165, 1.54) is 23.5 Å². The normalized spacial score (nSPS) is 14.4. The molecule has 0 saturated heterocycles. The second-order valence-corrected chi connectivity index (χ2v) is 6.97. The van der Waals surface area contributed by atoms with E-state index in [0.29, 0.717) is 17.4 Å². The zero-order chi connectivity index (χ0) is 18.8. The largest absolute Gasteiger partial charge is 0.307 e. The predicted molar refractivity (Wildman–Crippen MR) is 104 cm³/mol. The highest BCUT2D eigenvalue weighted by Crippen LogP contribution is 2.31. The molecular formula is C21H22N4O2. The third kappa shape index (κ3) is 3.56. The van der Waals surface area contributed by atoms with Crippen LogP contribution < -0.4 is 10.9 Å². The van der Waals surface area contributed by atoms with E-state index in [1.807, 2.05) is 48.0 Å². The number of pyridine rings is 1. The minimum Gasteiger partial charge on any atom is -0.307 e. The zero-order valence-electron chi connectivity index (χ0n) is 15.3. The van der Waals surface area contributed by atoms with Gasteiger partial charge in [0.15, 0.2) is 0 Å². The summed E-state index contributed by atoms with van der Waals surface area (Å²) in [4.78, 5) is 25.0. The Labute approximate surface area is 157 Å². The van der Waals surface area contributed by atoms with Crippen molar-refractivity contribution in [1.82, 2.24) is 14.3 Å². The Morgan fingerprint density at radius 3 is 2.59 bits per heavy atom. The zero-order valence-corrected chi connectivity index (χ0v) is 15.3. The fourth-order valence-corrected chi connectivity index (χ4v) is 3.64. The molecule has 1 aliphatic carbocycles. The molecule has 0 aliphatic heterocycles. The minimum atomic E-state index is -0.251. The average Bonchev–Trinajstić information content (AvgIpc) is 3.32. The van der Waals surface area contributed by atoms with Gasteiger partial charge in [-0.05, 0) is 38.0 Å². The maximum atomic E-state index is 12.8. The summed E-state index contributed by atoms with van der Waals surface area (Å²) in [7, 11) is 0. The van der Waals surface area contributed by atoms with E-state index in [2.05, 4.69) is 10.4 Å². The van der Waals surface area contributed by atoms with Gasteiger partial charge in [-0.2, -0.15) is 5.10 Å². The van der Waals surface area contributed by atoms with Crippen LogP contribution in [0, 0.1) is 6.92 Å². The number of hydrogen-bond donors (Lipinski definition) is 1. The first kappa shape index (κ1) is 17.3. The Bertz CT molecular complexity index is 1010.